The lowest BCUT2D eigenvalue weighted by atomic mass is 9.72. The third-order valence-corrected chi connectivity index (χ3v) is 4.33. The Morgan fingerprint density at radius 3 is 2.47 bits per heavy atom. The molecule has 1 rings (SSSR count). The van der Waals surface area contributed by atoms with Crippen molar-refractivity contribution in [3.8, 4) is 0 Å². The monoisotopic (exact) mass is 237 g/mol. The number of nitrogens with zero attached hydrogens (tertiary/aromatic N) is 1. The minimum atomic E-state index is 0.228. The molecule has 0 aromatic carbocycles. The Kier molecular flexibility index (Phi) is 5.38. The summed E-state index contributed by atoms with van der Waals surface area (Å²) >= 11 is 0. The maximum absolute atomic E-state index is 12.0. The van der Waals surface area contributed by atoms with Crippen LogP contribution in [0.25, 0.3) is 0 Å². The van der Waals surface area contributed by atoms with Gasteiger partial charge in [0.25, 0.3) is 0 Å². The fourth-order valence-electron chi connectivity index (χ4n) is 2.77. The molecule has 1 saturated carbocycles. The SMILES string of the molecule is C=C(C)[C@@H]1CC(=O)[C@@H](C)[C@H](CN(CC)CC)C1. The average Bonchev–Trinajstić information content (AvgIpc) is 2.30. The van der Waals surface area contributed by atoms with Gasteiger partial charge in [-0.25, -0.2) is 0 Å². The van der Waals surface area contributed by atoms with E-state index in [1.807, 2.05) is 0 Å². The second-order valence-corrected chi connectivity index (χ2v) is 5.48. The number of rotatable bonds is 5. The van der Waals surface area contributed by atoms with Crippen LogP contribution in [0.1, 0.15) is 40.5 Å². The van der Waals surface area contributed by atoms with Crippen LogP contribution in [0, 0.1) is 17.8 Å². The van der Waals surface area contributed by atoms with Gasteiger partial charge in [0.15, 0.2) is 0 Å². The first-order valence-corrected chi connectivity index (χ1v) is 6.90. The molecule has 0 aromatic rings. The first-order chi connectivity index (χ1) is 7.99. The van der Waals surface area contributed by atoms with Gasteiger partial charge in [0.2, 0.25) is 0 Å². The van der Waals surface area contributed by atoms with Crippen LogP contribution in [-0.4, -0.2) is 30.3 Å². The highest BCUT2D eigenvalue weighted by Gasteiger charge is 2.34. The number of ketones is 1. The van der Waals surface area contributed by atoms with Gasteiger partial charge in [-0.2, -0.15) is 0 Å². The molecule has 0 aromatic heterocycles. The Labute approximate surface area is 106 Å². The van der Waals surface area contributed by atoms with Gasteiger partial charge in [-0.3, -0.25) is 4.79 Å². The molecule has 98 valence electrons. The fourth-order valence-corrected chi connectivity index (χ4v) is 2.77. The van der Waals surface area contributed by atoms with Crippen LogP contribution in [0.3, 0.4) is 0 Å². The van der Waals surface area contributed by atoms with Gasteiger partial charge in [-0.15, -0.1) is 0 Å². The van der Waals surface area contributed by atoms with E-state index in [4.69, 9.17) is 0 Å². The molecular formula is C15H27NO. The van der Waals surface area contributed by atoms with Crippen LogP contribution < -0.4 is 0 Å². The molecule has 0 spiro atoms. The summed E-state index contributed by atoms with van der Waals surface area (Å²) in [5.41, 5.74) is 1.18. The summed E-state index contributed by atoms with van der Waals surface area (Å²) in [6, 6.07) is 0. The van der Waals surface area contributed by atoms with E-state index < -0.39 is 0 Å². The predicted molar refractivity (Wildman–Crippen MR) is 73.0 cm³/mol. The van der Waals surface area contributed by atoms with E-state index in [9.17, 15) is 4.79 Å². The number of carbonyl (C=O) groups is 1. The van der Waals surface area contributed by atoms with E-state index in [-0.39, 0.29) is 5.92 Å². The Bertz CT molecular complexity index is 281. The summed E-state index contributed by atoms with van der Waals surface area (Å²) in [7, 11) is 0. The van der Waals surface area contributed by atoms with Gasteiger partial charge in [0, 0.05) is 18.9 Å². The smallest absolute Gasteiger partial charge is 0.136 e. The summed E-state index contributed by atoms with van der Waals surface area (Å²) in [5, 5.41) is 0. The van der Waals surface area contributed by atoms with Crippen LogP contribution in [0.15, 0.2) is 12.2 Å². The number of Topliss-reactive ketones (excluding diaryl/α,β-unsaturated/α-hetero) is 1. The molecule has 0 unspecified atom stereocenters. The lowest BCUT2D eigenvalue weighted by Gasteiger charge is -2.36. The lowest BCUT2D eigenvalue weighted by molar-refractivity contribution is -0.127. The molecule has 0 N–H and O–H groups in total. The van der Waals surface area contributed by atoms with Gasteiger partial charge in [0.1, 0.15) is 5.78 Å². The van der Waals surface area contributed by atoms with E-state index in [1.165, 1.54) is 5.57 Å². The summed E-state index contributed by atoms with van der Waals surface area (Å²) in [5.74, 6) is 1.59. The first kappa shape index (κ1) is 14.4. The molecule has 1 fully saturated rings. The standard InChI is InChI=1S/C15H27NO/c1-6-16(7-2)10-14-8-13(11(3)4)9-15(17)12(14)5/h12-14H,3,6-10H2,1-2,4-5H3/t12-,13-,14-/m0/s1. The highest BCUT2D eigenvalue weighted by Crippen LogP contribution is 2.35. The Hall–Kier alpha value is -0.630. The minimum absolute atomic E-state index is 0.228. The maximum Gasteiger partial charge on any atom is 0.136 e. The van der Waals surface area contributed by atoms with Crippen LogP contribution >= 0.6 is 0 Å². The Morgan fingerprint density at radius 1 is 1.41 bits per heavy atom. The Balaban J connectivity index is 2.67. The summed E-state index contributed by atoms with van der Waals surface area (Å²) < 4.78 is 0. The molecule has 0 amide bonds. The van der Waals surface area contributed by atoms with E-state index in [0.717, 1.165) is 26.1 Å². The molecule has 1 aliphatic rings. The number of hydrogen-bond acceptors (Lipinski definition) is 2. The summed E-state index contributed by atoms with van der Waals surface area (Å²) in [4.78, 5) is 14.4. The lowest BCUT2D eigenvalue weighted by Crippen LogP contribution is -2.39. The molecule has 0 bridgehead atoms. The van der Waals surface area contributed by atoms with Crippen LogP contribution in [-0.2, 0) is 4.79 Å². The zero-order valence-electron chi connectivity index (χ0n) is 11.8. The topological polar surface area (TPSA) is 20.3 Å². The third kappa shape index (κ3) is 3.67. The molecule has 2 heteroatoms. The number of carbonyl (C=O) groups excluding carboxylic acids is 1. The molecule has 0 saturated heterocycles. The fraction of sp³-hybridized carbons (Fsp3) is 0.800. The number of hydrogen-bond donors (Lipinski definition) is 0. The summed E-state index contributed by atoms with van der Waals surface area (Å²) in [6.45, 7) is 15.8. The summed E-state index contributed by atoms with van der Waals surface area (Å²) in [6.07, 6.45) is 1.85. The van der Waals surface area contributed by atoms with Crippen molar-refractivity contribution >= 4 is 5.78 Å². The van der Waals surface area contributed by atoms with E-state index >= 15 is 0 Å². The van der Waals surface area contributed by atoms with Crippen LogP contribution in [0.4, 0.5) is 0 Å². The molecule has 0 aliphatic heterocycles. The molecular weight excluding hydrogens is 210 g/mol. The predicted octanol–water partition coefficient (Wildman–Crippen LogP) is 3.14. The largest absolute Gasteiger partial charge is 0.304 e. The van der Waals surface area contributed by atoms with Crippen LogP contribution in [0.5, 0.6) is 0 Å². The zero-order valence-corrected chi connectivity index (χ0v) is 11.8. The molecule has 1 aliphatic carbocycles. The van der Waals surface area contributed by atoms with E-state index in [2.05, 4.69) is 39.2 Å². The Morgan fingerprint density at radius 2 is 2.00 bits per heavy atom. The van der Waals surface area contributed by atoms with Gasteiger partial charge < -0.3 is 4.90 Å². The average molecular weight is 237 g/mol. The van der Waals surface area contributed by atoms with Crippen molar-refractivity contribution in [1.82, 2.24) is 4.90 Å². The van der Waals surface area contributed by atoms with E-state index in [1.54, 1.807) is 0 Å². The van der Waals surface area contributed by atoms with Crippen molar-refractivity contribution in [2.45, 2.75) is 40.5 Å². The van der Waals surface area contributed by atoms with Crippen molar-refractivity contribution in [3.05, 3.63) is 12.2 Å². The molecule has 3 atom stereocenters. The van der Waals surface area contributed by atoms with Gasteiger partial charge >= 0.3 is 0 Å². The van der Waals surface area contributed by atoms with Crippen molar-refractivity contribution in [2.24, 2.45) is 17.8 Å². The highest BCUT2D eigenvalue weighted by molar-refractivity contribution is 5.82. The molecule has 0 radical (unpaired) electrons. The van der Waals surface area contributed by atoms with Gasteiger partial charge in [0.05, 0.1) is 0 Å². The maximum atomic E-state index is 12.0. The van der Waals surface area contributed by atoms with Gasteiger partial charge in [-0.1, -0.05) is 32.9 Å². The van der Waals surface area contributed by atoms with Crippen molar-refractivity contribution in [2.75, 3.05) is 19.6 Å². The minimum Gasteiger partial charge on any atom is -0.304 e. The quantitative estimate of drug-likeness (QED) is 0.685. The number of allylic oxidation sites excluding steroid dienone is 1. The van der Waals surface area contributed by atoms with Crippen molar-refractivity contribution in [1.29, 1.82) is 0 Å². The normalized spacial score (nSPS) is 29.7. The van der Waals surface area contributed by atoms with Crippen molar-refractivity contribution in [3.63, 3.8) is 0 Å². The second-order valence-electron chi connectivity index (χ2n) is 5.48. The third-order valence-electron chi connectivity index (χ3n) is 4.33. The first-order valence-electron chi connectivity index (χ1n) is 6.90. The van der Waals surface area contributed by atoms with Crippen molar-refractivity contribution < 1.29 is 4.79 Å². The molecule has 2 nitrogen and oxygen atoms in total. The van der Waals surface area contributed by atoms with Crippen LogP contribution in [0.2, 0.25) is 0 Å². The molecule has 0 heterocycles. The highest BCUT2D eigenvalue weighted by atomic mass is 16.1. The molecule has 17 heavy (non-hydrogen) atoms. The van der Waals surface area contributed by atoms with Gasteiger partial charge in [-0.05, 0) is 38.3 Å². The zero-order chi connectivity index (χ0) is 13.0. The van der Waals surface area contributed by atoms with E-state index in [0.29, 0.717) is 24.0 Å². The second kappa shape index (κ2) is 6.34.